The largest absolute Gasteiger partial charge is 0.332 e. The Morgan fingerprint density at radius 2 is 1.78 bits per heavy atom. The molecule has 1 aromatic carbocycles. The number of hydrogen-bond acceptors (Lipinski definition) is 4. The van der Waals surface area contributed by atoms with Gasteiger partial charge in [-0.2, -0.15) is 0 Å². The number of benzene rings is 1. The average Bonchev–Trinajstić information content (AvgIpc) is 3.05. The zero-order valence-electron chi connectivity index (χ0n) is 16.7. The minimum absolute atomic E-state index is 0.0296. The van der Waals surface area contributed by atoms with Gasteiger partial charge >= 0.3 is 6.03 Å². The van der Waals surface area contributed by atoms with E-state index >= 15 is 0 Å². The maximum atomic E-state index is 14.0. The lowest BCUT2D eigenvalue weighted by Gasteiger charge is -2.21. The van der Waals surface area contributed by atoms with Crippen molar-refractivity contribution in [1.82, 2.24) is 9.62 Å². The third-order valence-electron chi connectivity index (χ3n) is 5.00. The summed E-state index contributed by atoms with van der Waals surface area (Å²) in [5, 5.41) is 2.06. The lowest BCUT2D eigenvalue weighted by molar-refractivity contribution is 0.256. The van der Waals surface area contributed by atoms with Gasteiger partial charge in [-0.3, -0.25) is 0 Å². The number of likely N-dealkylation sites (tertiary alicyclic amines) is 1. The van der Waals surface area contributed by atoms with Gasteiger partial charge in [0.05, 0.1) is 5.25 Å². The fourth-order valence-corrected chi connectivity index (χ4v) is 4.69. The molecule has 1 aliphatic rings. The molecule has 1 aliphatic heterocycles. The highest BCUT2D eigenvalue weighted by atomic mass is 32.2. The second kappa shape index (κ2) is 8.56. The summed E-state index contributed by atoms with van der Waals surface area (Å²) < 4.78 is 41.2. The second-order valence-corrected chi connectivity index (χ2v) is 9.63. The Balaban J connectivity index is 2.22. The summed E-state index contributed by atoms with van der Waals surface area (Å²) in [6.07, 6.45) is 0.501. The van der Waals surface area contributed by atoms with E-state index in [1.165, 1.54) is 12.1 Å². The first-order valence-corrected chi connectivity index (χ1v) is 11.0. The number of hydrogen-bond donors (Lipinski definition) is 2. The van der Waals surface area contributed by atoms with E-state index in [0.717, 1.165) is 6.54 Å². The molecular weight excluding hydrogens is 369 g/mol. The first kappa shape index (κ1) is 21.6. The summed E-state index contributed by atoms with van der Waals surface area (Å²) in [5.41, 5.74) is 1.77. The summed E-state index contributed by atoms with van der Waals surface area (Å²) in [6, 6.07) is 1.97. The Kier molecular flexibility index (Phi) is 6.86. The molecule has 0 aromatic heterocycles. The van der Waals surface area contributed by atoms with Crippen molar-refractivity contribution in [3.63, 3.8) is 0 Å². The fraction of sp³-hybridized carbons (Fsp3) is 0.632. The standard InChI is InChI=1S/C19H30FN3O3S/c1-6-23-8-7-15(11-23)27(25,26)22-19(24)21-18-16(12(2)3)9-14(20)10-17(18)13(4)5/h9-10,12-13,15H,6-8,11H2,1-5H3,(H2,21,22,24). The number of carbonyl (C=O) groups is 1. The van der Waals surface area contributed by atoms with Crippen LogP contribution in [0.25, 0.3) is 0 Å². The van der Waals surface area contributed by atoms with Crippen LogP contribution in [-0.4, -0.2) is 44.2 Å². The Morgan fingerprint density at radius 1 is 1.22 bits per heavy atom. The number of halogens is 1. The van der Waals surface area contributed by atoms with Gasteiger partial charge in [-0.05, 0) is 54.6 Å². The summed E-state index contributed by atoms with van der Waals surface area (Å²) in [5.74, 6) is -0.428. The third kappa shape index (κ3) is 5.19. The molecule has 0 saturated carbocycles. The van der Waals surface area contributed by atoms with Crippen LogP contribution in [0.15, 0.2) is 12.1 Å². The zero-order valence-corrected chi connectivity index (χ0v) is 17.5. The molecule has 2 amide bonds. The highest BCUT2D eigenvalue weighted by Crippen LogP contribution is 2.33. The fourth-order valence-electron chi connectivity index (χ4n) is 3.39. The van der Waals surface area contributed by atoms with E-state index in [9.17, 15) is 17.6 Å². The normalized spacial score (nSPS) is 18.3. The Labute approximate surface area is 161 Å². The summed E-state index contributed by atoms with van der Waals surface area (Å²) >= 11 is 0. The molecule has 1 aromatic rings. The second-order valence-electron chi connectivity index (χ2n) is 7.67. The molecule has 2 N–H and O–H groups in total. The first-order valence-electron chi connectivity index (χ1n) is 9.43. The Morgan fingerprint density at radius 3 is 2.22 bits per heavy atom. The minimum atomic E-state index is -3.77. The molecule has 0 aliphatic carbocycles. The zero-order chi connectivity index (χ0) is 20.4. The van der Waals surface area contributed by atoms with Crippen molar-refractivity contribution in [1.29, 1.82) is 0 Å². The van der Waals surface area contributed by atoms with Crippen LogP contribution in [0.4, 0.5) is 14.9 Å². The van der Waals surface area contributed by atoms with Gasteiger partial charge in [0, 0.05) is 12.2 Å². The van der Waals surface area contributed by atoms with E-state index in [0.29, 0.717) is 36.3 Å². The minimum Gasteiger partial charge on any atom is -0.307 e. The van der Waals surface area contributed by atoms with Crippen LogP contribution in [0.1, 0.15) is 64.0 Å². The topological polar surface area (TPSA) is 78.5 Å². The number of sulfonamides is 1. The van der Waals surface area contributed by atoms with E-state index in [1.807, 2.05) is 39.5 Å². The molecule has 152 valence electrons. The maximum Gasteiger partial charge on any atom is 0.332 e. The van der Waals surface area contributed by atoms with Gasteiger partial charge in [-0.25, -0.2) is 22.3 Å². The molecule has 1 unspecified atom stereocenters. The smallest absolute Gasteiger partial charge is 0.307 e. The molecule has 27 heavy (non-hydrogen) atoms. The lowest BCUT2D eigenvalue weighted by atomic mass is 9.92. The van der Waals surface area contributed by atoms with Crippen molar-refractivity contribution < 1.29 is 17.6 Å². The SMILES string of the molecule is CCN1CCC(S(=O)(=O)NC(=O)Nc2c(C(C)C)cc(F)cc2C(C)C)C1. The van der Waals surface area contributed by atoms with Crippen LogP contribution in [0.5, 0.6) is 0 Å². The molecule has 6 nitrogen and oxygen atoms in total. The van der Waals surface area contributed by atoms with Crippen molar-refractivity contribution >= 4 is 21.7 Å². The molecule has 0 bridgehead atoms. The highest BCUT2D eigenvalue weighted by Gasteiger charge is 2.33. The van der Waals surface area contributed by atoms with Crippen molar-refractivity contribution in [3.05, 3.63) is 29.1 Å². The van der Waals surface area contributed by atoms with Crippen LogP contribution in [0.3, 0.4) is 0 Å². The van der Waals surface area contributed by atoms with E-state index in [-0.39, 0.29) is 17.7 Å². The van der Waals surface area contributed by atoms with E-state index in [2.05, 4.69) is 10.0 Å². The molecule has 1 heterocycles. The van der Waals surface area contributed by atoms with Crippen molar-refractivity contribution in [3.8, 4) is 0 Å². The number of nitrogens with zero attached hydrogens (tertiary/aromatic N) is 1. The van der Waals surface area contributed by atoms with Gasteiger partial charge in [0.2, 0.25) is 10.0 Å². The van der Waals surface area contributed by atoms with Crippen LogP contribution >= 0.6 is 0 Å². The first-order chi connectivity index (χ1) is 12.5. The van der Waals surface area contributed by atoms with Crippen molar-refractivity contribution in [2.24, 2.45) is 0 Å². The van der Waals surface area contributed by atoms with Gasteiger partial charge in [-0.15, -0.1) is 0 Å². The molecule has 0 radical (unpaired) electrons. The van der Waals surface area contributed by atoms with E-state index in [1.54, 1.807) is 0 Å². The number of anilines is 1. The predicted molar refractivity (Wildman–Crippen MR) is 106 cm³/mol. The summed E-state index contributed by atoms with van der Waals surface area (Å²) in [4.78, 5) is 14.5. The molecule has 2 rings (SSSR count). The Hall–Kier alpha value is -1.67. The number of urea groups is 1. The van der Waals surface area contributed by atoms with Crippen LogP contribution in [0, 0.1) is 5.82 Å². The number of nitrogens with one attached hydrogen (secondary N) is 2. The molecular formula is C19H30FN3O3S. The summed E-state index contributed by atoms with van der Waals surface area (Å²) in [7, 11) is -3.77. The Bertz CT molecular complexity index is 764. The summed E-state index contributed by atoms with van der Waals surface area (Å²) in [6.45, 7) is 11.5. The molecule has 1 saturated heterocycles. The van der Waals surface area contributed by atoms with Crippen molar-refractivity contribution in [2.45, 2.75) is 58.1 Å². The van der Waals surface area contributed by atoms with Gasteiger partial charge in [0.15, 0.2) is 0 Å². The van der Waals surface area contributed by atoms with Gasteiger partial charge in [-0.1, -0.05) is 34.6 Å². The van der Waals surface area contributed by atoms with Crippen LogP contribution < -0.4 is 10.0 Å². The number of carbonyl (C=O) groups excluding carboxylic acids is 1. The molecule has 8 heteroatoms. The third-order valence-corrected chi connectivity index (χ3v) is 6.73. The number of rotatable bonds is 6. The number of amides is 2. The quantitative estimate of drug-likeness (QED) is 0.766. The monoisotopic (exact) mass is 399 g/mol. The van der Waals surface area contributed by atoms with Crippen LogP contribution in [-0.2, 0) is 10.0 Å². The van der Waals surface area contributed by atoms with Gasteiger partial charge < -0.3 is 10.2 Å². The molecule has 1 atom stereocenters. The van der Waals surface area contributed by atoms with Crippen molar-refractivity contribution in [2.75, 3.05) is 25.0 Å². The predicted octanol–water partition coefficient (Wildman–Crippen LogP) is 3.62. The highest BCUT2D eigenvalue weighted by molar-refractivity contribution is 7.90. The maximum absolute atomic E-state index is 14.0. The van der Waals surface area contributed by atoms with Crippen LogP contribution in [0.2, 0.25) is 0 Å². The lowest BCUT2D eigenvalue weighted by Crippen LogP contribution is -2.42. The average molecular weight is 400 g/mol. The molecule has 1 fully saturated rings. The van der Waals surface area contributed by atoms with E-state index < -0.39 is 21.3 Å². The van der Waals surface area contributed by atoms with Gasteiger partial charge in [0.25, 0.3) is 0 Å². The van der Waals surface area contributed by atoms with E-state index in [4.69, 9.17) is 0 Å². The van der Waals surface area contributed by atoms with Gasteiger partial charge in [0.1, 0.15) is 5.82 Å². The molecule has 0 spiro atoms.